The highest BCUT2D eigenvalue weighted by Gasteiger charge is 2.13. The Kier molecular flexibility index (Phi) is 5.94. The molecule has 0 spiro atoms. The zero-order chi connectivity index (χ0) is 16.7. The van der Waals surface area contributed by atoms with Crippen LogP contribution in [0, 0.1) is 0 Å². The second kappa shape index (κ2) is 8.15. The molecule has 0 heterocycles. The van der Waals surface area contributed by atoms with Crippen LogP contribution in [0.2, 0.25) is 0 Å². The number of rotatable bonds is 6. The third-order valence-electron chi connectivity index (χ3n) is 3.58. The number of amides is 1. The smallest absolute Gasteiger partial charge is 0.244 e. The van der Waals surface area contributed by atoms with Crippen molar-refractivity contribution in [2.75, 3.05) is 13.7 Å². The minimum Gasteiger partial charge on any atom is -0.496 e. The Hall–Kier alpha value is -2.59. The van der Waals surface area contributed by atoms with Crippen LogP contribution in [0.5, 0.6) is 5.75 Å². The first-order chi connectivity index (χ1) is 11.2. The molecule has 0 aliphatic heterocycles. The summed E-state index contributed by atoms with van der Waals surface area (Å²) in [4.78, 5) is 12.2. The van der Waals surface area contributed by atoms with E-state index in [2.05, 4.69) is 5.32 Å². The third-order valence-corrected chi connectivity index (χ3v) is 3.58. The molecule has 2 rings (SSSR count). The van der Waals surface area contributed by atoms with Crippen molar-refractivity contribution in [3.63, 3.8) is 0 Å². The van der Waals surface area contributed by atoms with E-state index < -0.39 is 6.04 Å². The van der Waals surface area contributed by atoms with E-state index in [1.807, 2.05) is 61.5 Å². The van der Waals surface area contributed by atoms with Crippen LogP contribution < -0.4 is 10.1 Å². The molecule has 0 bridgehead atoms. The quantitative estimate of drug-likeness (QED) is 0.806. The number of hydrogen-bond donors (Lipinski definition) is 2. The normalized spacial score (nSPS) is 12.6. The maximum absolute atomic E-state index is 12.2. The lowest BCUT2D eigenvalue weighted by molar-refractivity contribution is -0.117. The predicted molar refractivity (Wildman–Crippen MR) is 91.1 cm³/mol. The first-order valence-electron chi connectivity index (χ1n) is 7.43. The molecule has 23 heavy (non-hydrogen) atoms. The van der Waals surface area contributed by atoms with Gasteiger partial charge in [-0.05, 0) is 24.1 Å². The van der Waals surface area contributed by atoms with Gasteiger partial charge in [0.05, 0.1) is 19.8 Å². The summed E-state index contributed by atoms with van der Waals surface area (Å²) in [5.74, 6) is 0.465. The second-order valence-corrected chi connectivity index (χ2v) is 5.18. The third kappa shape index (κ3) is 4.44. The van der Waals surface area contributed by atoms with Gasteiger partial charge in [0, 0.05) is 11.6 Å². The number of carbonyl (C=O) groups is 1. The lowest BCUT2D eigenvalue weighted by Gasteiger charge is -2.16. The number of aliphatic hydroxyl groups excluding tert-OH is 1. The fourth-order valence-corrected chi connectivity index (χ4v) is 2.38. The van der Waals surface area contributed by atoms with E-state index in [0.29, 0.717) is 0 Å². The second-order valence-electron chi connectivity index (χ2n) is 5.18. The molecule has 2 aromatic rings. The maximum Gasteiger partial charge on any atom is 0.244 e. The van der Waals surface area contributed by atoms with E-state index in [9.17, 15) is 9.90 Å². The lowest BCUT2D eigenvalue weighted by Crippen LogP contribution is -2.29. The molecule has 1 amide bonds. The minimum absolute atomic E-state index is 0.155. The van der Waals surface area contributed by atoms with Gasteiger partial charge in [-0.15, -0.1) is 0 Å². The zero-order valence-corrected chi connectivity index (χ0v) is 13.3. The molecule has 1 unspecified atom stereocenters. The molecule has 0 fully saturated rings. The van der Waals surface area contributed by atoms with Crippen LogP contribution in [-0.2, 0) is 4.79 Å². The van der Waals surface area contributed by atoms with Crippen LogP contribution in [-0.4, -0.2) is 24.7 Å². The number of methoxy groups -OCH3 is 1. The van der Waals surface area contributed by atoms with Crippen molar-refractivity contribution in [3.05, 3.63) is 71.8 Å². The van der Waals surface area contributed by atoms with Gasteiger partial charge in [0.2, 0.25) is 5.91 Å². The monoisotopic (exact) mass is 311 g/mol. The molecule has 0 aromatic heterocycles. The van der Waals surface area contributed by atoms with E-state index in [0.717, 1.165) is 22.4 Å². The summed E-state index contributed by atoms with van der Waals surface area (Å²) < 4.78 is 5.31. The number of allylic oxidation sites excluding steroid dienone is 1. The van der Waals surface area contributed by atoms with Crippen molar-refractivity contribution in [1.82, 2.24) is 5.32 Å². The van der Waals surface area contributed by atoms with Crippen LogP contribution in [0.1, 0.15) is 24.1 Å². The standard InChI is InChI=1S/C19H21NO3/c1-14(16-10-6-7-11-18(16)23-2)12-19(22)20-17(13-21)15-8-4-3-5-9-15/h3-12,17,21H,13H2,1-2H3,(H,20,22)/b14-12+. The molecule has 4 nitrogen and oxygen atoms in total. The van der Waals surface area contributed by atoms with Crippen molar-refractivity contribution in [1.29, 1.82) is 0 Å². The van der Waals surface area contributed by atoms with Gasteiger partial charge in [0.1, 0.15) is 5.75 Å². The van der Waals surface area contributed by atoms with Gasteiger partial charge in [-0.2, -0.15) is 0 Å². The number of aliphatic hydroxyl groups is 1. The fourth-order valence-electron chi connectivity index (χ4n) is 2.38. The summed E-state index contributed by atoms with van der Waals surface area (Å²) in [7, 11) is 1.60. The first kappa shape index (κ1) is 16.8. The number of nitrogens with one attached hydrogen (secondary N) is 1. The van der Waals surface area contributed by atoms with Gasteiger partial charge in [-0.25, -0.2) is 0 Å². The van der Waals surface area contributed by atoms with Crippen LogP contribution in [0.4, 0.5) is 0 Å². The molecule has 0 aliphatic rings. The maximum atomic E-state index is 12.2. The number of benzene rings is 2. The Morgan fingerprint density at radius 2 is 1.83 bits per heavy atom. The van der Waals surface area contributed by atoms with Crippen LogP contribution >= 0.6 is 0 Å². The van der Waals surface area contributed by atoms with Crippen molar-refractivity contribution < 1.29 is 14.6 Å². The lowest BCUT2D eigenvalue weighted by atomic mass is 10.1. The molecule has 0 radical (unpaired) electrons. The molecular formula is C19H21NO3. The first-order valence-corrected chi connectivity index (χ1v) is 7.43. The van der Waals surface area contributed by atoms with E-state index in [4.69, 9.17) is 4.74 Å². The summed E-state index contributed by atoms with van der Waals surface area (Å²) in [5.41, 5.74) is 2.53. The van der Waals surface area contributed by atoms with E-state index in [1.54, 1.807) is 7.11 Å². The van der Waals surface area contributed by atoms with Crippen molar-refractivity contribution >= 4 is 11.5 Å². The number of carbonyl (C=O) groups excluding carboxylic acids is 1. The Morgan fingerprint density at radius 3 is 2.48 bits per heavy atom. The molecule has 0 aliphatic carbocycles. The molecule has 2 N–H and O–H groups in total. The minimum atomic E-state index is -0.426. The molecule has 2 aromatic carbocycles. The predicted octanol–water partition coefficient (Wildman–Crippen LogP) is 2.95. The molecule has 0 saturated carbocycles. The SMILES string of the molecule is COc1ccccc1/C(C)=C/C(=O)NC(CO)c1ccccc1. The van der Waals surface area contributed by atoms with Crippen molar-refractivity contribution in [2.24, 2.45) is 0 Å². The van der Waals surface area contributed by atoms with Crippen molar-refractivity contribution in [2.45, 2.75) is 13.0 Å². The van der Waals surface area contributed by atoms with Crippen LogP contribution in [0.25, 0.3) is 5.57 Å². The highest BCUT2D eigenvalue weighted by molar-refractivity contribution is 5.95. The highest BCUT2D eigenvalue weighted by Crippen LogP contribution is 2.25. The van der Waals surface area contributed by atoms with Gasteiger partial charge in [-0.1, -0.05) is 48.5 Å². The summed E-state index contributed by atoms with van der Waals surface area (Å²) in [6.45, 7) is 1.70. The van der Waals surface area contributed by atoms with E-state index >= 15 is 0 Å². The molecule has 1 atom stereocenters. The number of ether oxygens (including phenoxy) is 1. The number of hydrogen-bond acceptors (Lipinski definition) is 3. The van der Waals surface area contributed by atoms with Gasteiger partial charge in [0.25, 0.3) is 0 Å². The van der Waals surface area contributed by atoms with E-state index in [1.165, 1.54) is 6.08 Å². The van der Waals surface area contributed by atoms with E-state index in [-0.39, 0.29) is 12.5 Å². The summed E-state index contributed by atoms with van der Waals surface area (Å²) >= 11 is 0. The number of para-hydroxylation sites is 1. The topological polar surface area (TPSA) is 58.6 Å². The summed E-state index contributed by atoms with van der Waals surface area (Å²) in [6.07, 6.45) is 1.52. The van der Waals surface area contributed by atoms with Gasteiger partial charge in [-0.3, -0.25) is 4.79 Å². The van der Waals surface area contributed by atoms with Gasteiger partial charge in [0.15, 0.2) is 0 Å². The average molecular weight is 311 g/mol. The van der Waals surface area contributed by atoms with Gasteiger partial charge < -0.3 is 15.2 Å². The van der Waals surface area contributed by atoms with Crippen molar-refractivity contribution in [3.8, 4) is 5.75 Å². The molecule has 4 heteroatoms. The van der Waals surface area contributed by atoms with Crippen LogP contribution in [0.15, 0.2) is 60.7 Å². The van der Waals surface area contributed by atoms with Crippen LogP contribution in [0.3, 0.4) is 0 Å². The molecule has 120 valence electrons. The molecule has 0 saturated heterocycles. The highest BCUT2D eigenvalue weighted by atomic mass is 16.5. The summed E-state index contributed by atoms with van der Waals surface area (Å²) in [6, 6.07) is 16.5. The largest absolute Gasteiger partial charge is 0.496 e. The Balaban J connectivity index is 2.14. The Labute approximate surface area is 136 Å². The average Bonchev–Trinajstić information content (AvgIpc) is 2.60. The zero-order valence-electron chi connectivity index (χ0n) is 13.3. The molecular weight excluding hydrogens is 290 g/mol. The fraction of sp³-hybridized carbons (Fsp3) is 0.211. The Bertz CT molecular complexity index is 680. The van der Waals surface area contributed by atoms with Gasteiger partial charge >= 0.3 is 0 Å². The Morgan fingerprint density at radius 1 is 1.17 bits per heavy atom. The summed E-state index contributed by atoms with van der Waals surface area (Å²) in [5, 5.41) is 12.3.